The Morgan fingerprint density at radius 1 is 1.26 bits per heavy atom. The zero-order valence-electron chi connectivity index (χ0n) is 13.4. The molecule has 0 heterocycles. The second-order valence-corrected chi connectivity index (χ2v) is 6.42. The Labute approximate surface area is 135 Å². The van der Waals surface area contributed by atoms with Crippen LogP contribution in [0.3, 0.4) is 0 Å². The molecular formula is C17H22N2O4. The van der Waals surface area contributed by atoms with E-state index >= 15 is 0 Å². The lowest BCUT2D eigenvalue weighted by Gasteiger charge is -2.12. The average Bonchev–Trinajstić information content (AvgIpc) is 3.26. The summed E-state index contributed by atoms with van der Waals surface area (Å²) in [5, 5.41) is 14.6. The Bertz CT molecular complexity index is 621. The van der Waals surface area contributed by atoms with Crippen LogP contribution in [0.5, 0.6) is 0 Å². The molecule has 1 aliphatic carbocycles. The van der Waals surface area contributed by atoms with Crippen molar-refractivity contribution in [2.75, 3.05) is 5.32 Å². The molecule has 2 rings (SSSR count). The quantitative estimate of drug-likeness (QED) is 0.671. The van der Waals surface area contributed by atoms with Gasteiger partial charge in [-0.1, -0.05) is 26.0 Å². The van der Waals surface area contributed by atoms with E-state index in [4.69, 9.17) is 5.11 Å². The van der Waals surface area contributed by atoms with Gasteiger partial charge in [0.05, 0.1) is 0 Å². The topological polar surface area (TPSA) is 95.5 Å². The highest BCUT2D eigenvalue weighted by Crippen LogP contribution is 2.46. The smallest absolute Gasteiger partial charge is 0.319 e. The third-order valence-corrected chi connectivity index (χ3v) is 3.85. The number of amides is 2. The maximum Gasteiger partial charge on any atom is 0.319 e. The number of carbonyl (C=O) groups is 3. The van der Waals surface area contributed by atoms with Gasteiger partial charge in [0, 0.05) is 18.7 Å². The van der Waals surface area contributed by atoms with Crippen LogP contribution in [0.15, 0.2) is 24.3 Å². The summed E-state index contributed by atoms with van der Waals surface area (Å²) in [6.45, 7) is 4.19. The molecule has 2 amide bonds. The molecule has 0 aliphatic heterocycles. The second-order valence-electron chi connectivity index (χ2n) is 6.42. The lowest BCUT2D eigenvalue weighted by molar-refractivity contribution is -0.149. The molecule has 0 unspecified atom stereocenters. The number of aliphatic carboxylic acids is 1. The third-order valence-electron chi connectivity index (χ3n) is 3.85. The van der Waals surface area contributed by atoms with Crippen molar-refractivity contribution in [1.29, 1.82) is 0 Å². The van der Waals surface area contributed by atoms with Gasteiger partial charge in [-0.2, -0.15) is 0 Å². The predicted octanol–water partition coefficient (Wildman–Crippen LogP) is 2.15. The molecule has 3 N–H and O–H groups in total. The molecule has 0 spiro atoms. The number of benzene rings is 1. The molecule has 6 heteroatoms. The largest absolute Gasteiger partial charge is 0.480 e. The predicted molar refractivity (Wildman–Crippen MR) is 85.7 cm³/mol. The van der Waals surface area contributed by atoms with E-state index in [2.05, 4.69) is 10.6 Å². The maximum absolute atomic E-state index is 12.0. The first-order valence-electron chi connectivity index (χ1n) is 7.74. The summed E-state index contributed by atoms with van der Waals surface area (Å²) in [7, 11) is 0. The molecule has 0 atom stereocenters. The van der Waals surface area contributed by atoms with Gasteiger partial charge in [0.2, 0.25) is 11.8 Å². The van der Waals surface area contributed by atoms with Gasteiger partial charge in [-0.3, -0.25) is 14.4 Å². The second kappa shape index (κ2) is 6.81. The van der Waals surface area contributed by atoms with Crippen LogP contribution in [0.2, 0.25) is 0 Å². The van der Waals surface area contributed by atoms with E-state index in [1.54, 1.807) is 18.2 Å². The van der Waals surface area contributed by atoms with Gasteiger partial charge in [-0.05, 0) is 36.5 Å². The van der Waals surface area contributed by atoms with Crippen molar-refractivity contribution in [3.8, 4) is 0 Å². The third kappa shape index (κ3) is 4.31. The zero-order valence-corrected chi connectivity index (χ0v) is 13.4. The summed E-state index contributed by atoms with van der Waals surface area (Å²) in [6, 6.07) is 7.16. The lowest BCUT2D eigenvalue weighted by Crippen LogP contribution is -2.36. The van der Waals surface area contributed by atoms with Gasteiger partial charge in [0.15, 0.2) is 0 Å². The molecule has 1 fully saturated rings. The summed E-state index contributed by atoms with van der Waals surface area (Å²) >= 11 is 0. The summed E-state index contributed by atoms with van der Waals surface area (Å²) < 4.78 is 0. The Kier molecular flexibility index (Phi) is 5.03. The van der Waals surface area contributed by atoms with Crippen molar-refractivity contribution in [1.82, 2.24) is 5.32 Å². The first kappa shape index (κ1) is 17.0. The van der Waals surface area contributed by atoms with Gasteiger partial charge in [-0.25, -0.2) is 0 Å². The highest BCUT2D eigenvalue weighted by molar-refractivity contribution is 6.04. The van der Waals surface area contributed by atoms with Crippen molar-refractivity contribution in [2.45, 2.75) is 39.7 Å². The van der Waals surface area contributed by atoms with E-state index in [0.717, 1.165) is 5.56 Å². The molecule has 0 radical (unpaired) electrons. The van der Waals surface area contributed by atoms with Gasteiger partial charge < -0.3 is 15.7 Å². The van der Waals surface area contributed by atoms with Crippen molar-refractivity contribution in [3.63, 3.8) is 0 Å². The van der Waals surface area contributed by atoms with Gasteiger partial charge in [0.25, 0.3) is 0 Å². The number of rotatable bonds is 7. The van der Waals surface area contributed by atoms with Crippen LogP contribution in [0, 0.1) is 11.3 Å². The summed E-state index contributed by atoms with van der Waals surface area (Å²) in [4.78, 5) is 34.8. The van der Waals surface area contributed by atoms with Crippen LogP contribution >= 0.6 is 0 Å². The monoisotopic (exact) mass is 318 g/mol. The van der Waals surface area contributed by atoms with E-state index in [-0.39, 0.29) is 18.4 Å². The number of nitrogens with one attached hydrogen (secondary N) is 2. The van der Waals surface area contributed by atoms with Crippen LogP contribution in [0.4, 0.5) is 5.69 Å². The Morgan fingerprint density at radius 2 is 1.96 bits per heavy atom. The normalized spacial score (nSPS) is 15.1. The fourth-order valence-corrected chi connectivity index (χ4v) is 2.36. The Morgan fingerprint density at radius 3 is 2.52 bits per heavy atom. The van der Waals surface area contributed by atoms with Crippen LogP contribution in [0.25, 0.3) is 0 Å². The van der Waals surface area contributed by atoms with Crippen LogP contribution in [0.1, 0.15) is 38.7 Å². The molecule has 1 aromatic carbocycles. The molecule has 0 aromatic heterocycles. The number of carboxylic acid groups (broad SMARTS) is 1. The van der Waals surface area contributed by atoms with Crippen LogP contribution in [-0.2, 0) is 20.9 Å². The molecule has 0 saturated heterocycles. The number of anilines is 1. The summed E-state index contributed by atoms with van der Waals surface area (Å²) in [5.41, 5.74) is 0.243. The lowest BCUT2D eigenvalue weighted by atomic mass is 10.1. The standard InChI is InChI=1S/C17H22N2O4/c1-11(2)8-14(20)19-13-5-3-4-12(9-13)10-18-15(21)17(6-7-17)16(22)23/h3-5,9,11H,6-8,10H2,1-2H3,(H,18,21)(H,19,20)(H,22,23). The van der Waals surface area contributed by atoms with Gasteiger partial charge >= 0.3 is 5.97 Å². The molecule has 6 nitrogen and oxygen atoms in total. The highest BCUT2D eigenvalue weighted by atomic mass is 16.4. The van der Waals surface area contributed by atoms with E-state index in [1.165, 1.54) is 0 Å². The number of carbonyl (C=O) groups excluding carboxylic acids is 2. The van der Waals surface area contributed by atoms with Crippen molar-refractivity contribution < 1.29 is 19.5 Å². The minimum Gasteiger partial charge on any atom is -0.480 e. The van der Waals surface area contributed by atoms with Crippen molar-refractivity contribution in [3.05, 3.63) is 29.8 Å². The van der Waals surface area contributed by atoms with E-state index < -0.39 is 17.3 Å². The molecule has 1 aromatic rings. The van der Waals surface area contributed by atoms with Crippen LogP contribution < -0.4 is 10.6 Å². The molecule has 0 bridgehead atoms. The Hall–Kier alpha value is -2.37. The van der Waals surface area contributed by atoms with E-state index in [0.29, 0.717) is 24.9 Å². The first-order chi connectivity index (χ1) is 10.8. The van der Waals surface area contributed by atoms with Gasteiger partial charge in [0.1, 0.15) is 5.41 Å². The minimum absolute atomic E-state index is 0.0519. The molecule has 1 aliphatic rings. The summed E-state index contributed by atoms with van der Waals surface area (Å²) in [5.74, 6) is -1.28. The number of hydrogen-bond acceptors (Lipinski definition) is 3. The van der Waals surface area contributed by atoms with Gasteiger partial charge in [-0.15, -0.1) is 0 Å². The summed E-state index contributed by atoms with van der Waals surface area (Å²) in [6.07, 6.45) is 1.22. The highest BCUT2D eigenvalue weighted by Gasteiger charge is 2.56. The maximum atomic E-state index is 12.0. The first-order valence-corrected chi connectivity index (χ1v) is 7.74. The number of carboxylic acids is 1. The molecular weight excluding hydrogens is 296 g/mol. The molecule has 124 valence electrons. The fraction of sp³-hybridized carbons (Fsp3) is 0.471. The number of hydrogen-bond donors (Lipinski definition) is 3. The zero-order chi connectivity index (χ0) is 17.0. The van der Waals surface area contributed by atoms with Crippen molar-refractivity contribution >= 4 is 23.5 Å². The SMILES string of the molecule is CC(C)CC(=O)Nc1cccc(CNC(=O)C2(C(=O)O)CC2)c1. The minimum atomic E-state index is -1.23. The van der Waals surface area contributed by atoms with Crippen LogP contribution in [-0.4, -0.2) is 22.9 Å². The average molecular weight is 318 g/mol. The van der Waals surface area contributed by atoms with E-state index in [1.807, 2.05) is 19.9 Å². The molecule has 23 heavy (non-hydrogen) atoms. The fourth-order valence-electron chi connectivity index (χ4n) is 2.36. The molecule has 1 saturated carbocycles. The van der Waals surface area contributed by atoms with Crippen molar-refractivity contribution in [2.24, 2.45) is 11.3 Å². The Balaban J connectivity index is 1.91. The van der Waals surface area contributed by atoms with E-state index in [9.17, 15) is 14.4 Å².